The van der Waals surface area contributed by atoms with Crippen LogP contribution >= 0.6 is 11.6 Å². The molecule has 8 heteroatoms. The summed E-state index contributed by atoms with van der Waals surface area (Å²) in [6.07, 6.45) is 1.62. The number of aromatic amines is 1. The minimum absolute atomic E-state index is 0.173. The second-order valence-corrected chi connectivity index (χ2v) is 9.87. The Morgan fingerprint density at radius 3 is 3.00 bits per heavy atom. The Morgan fingerprint density at radius 2 is 2.12 bits per heavy atom. The zero-order valence-corrected chi connectivity index (χ0v) is 19.0. The van der Waals surface area contributed by atoms with Gasteiger partial charge in [-0.05, 0) is 36.4 Å². The van der Waals surface area contributed by atoms with Gasteiger partial charge in [0.15, 0.2) is 0 Å². The molecule has 3 unspecified atom stereocenters. The Balaban J connectivity index is 1.33. The molecule has 0 amide bonds. The van der Waals surface area contributed by atoms with Gasteiger partial charge >= 0.3 is 0 Å². The van der Waals surface area contributed by atoms with Gasteiger partial charge in [-0.25, -0.2) is 9.37 Å². The van der Waals surface area contributed by atoms with E-state index in [4.69, 9.17) is 16.3 Å². The van der Waals surface area contributed by atoms with Crippen molar-refractivity contribution in [3.8, 4) is 6.01 Å². The number of benzene rings is 2. The molecule has 172 valence electrons. The Labute approximate surface area is 196 Å². The minimum Gasteiger partial charge on any atom is -0.463 e. The summed E-state index contributed by atoms with van der Waals surface area (Å²) in [7, 11) is 0. The fourth-order valence-electron chi connectivity index (χ4n) is 6.04. The van der Waals surface area contributed by atoms with Crippen LogP contribution in [0.5, 0.6) is 6.01 Å². The number of ether oxygens (including phenoxy) is 1. The van der Waals surface area contributed by atoms with Crippen LogP contribution in [0.15, 0.2) is 41.2 Å². The number of hydrogen-bond donors (Lipinski definition) is 2. The van der Waals surface area contributed by atoms with Gasteiger partial charge in [-0.15, -0.1) is 0 Å². The van der Waals surface area contributed by atoms with Gasteiger partial charge in [0.1, 0.15) is 12.8 Å². The number of rotatable bonds is 4. The Morgan fingerprint density at radius 1 is 1.27 bits per heavy atom. The lowest BCUT2D eigenvalue weighted by Gasteiger charge is -2.31. The van der Waals surface area contributed by atoms with Crippen molar-refractivity contribution in [2.75, 3.05) is 26.2 Å². The third-order valence-electron chi connectivity index (χ3n) is 7.50. The number of nitrogens with zero attached hydrogens (tertiary/aromatic N) is 2. The monoisotopic (exact) mass is 468 g/mol. The SMILES string of the molecule is O=c1[nH]c(OCC23CCCN2CC(F)C3)nc2c1C(c1cccc3cccc(Cl)c13)CNC2. The van der Waals surface area contributed by atoms with E-state index in [1.807, 2.05) is 36.4 Å². The van der Waals surface area contributed by atoms with Crippen LogP contribution in [0.3, 0.4) is 0 Å². The Bertz CT molecular complexity index is 1280. The molecule has 3 atom stereocenters. The van der Waals surface area contributed by atoms with Gasteiger partial charge in [0.05, 0.1) is 11.2 Å². The zero-order valence-electron chi connectivity index (χ0n) is 18.2. The van der Waals surface area contributed by atoms with Crippen LogP contribution in [0.1, 0.15) is 42.0 Å². The van der Waals surface area contributed by atoms with E-state index < -0.39 is 6.17 Å². The summed E-state index contributed by atoms with van der Waals surface area (Å²) in [5.41, 5.74) is 1.87. The summed E-state index contributed by atoms with van der Waals surface area (Å²) in [5.74, 6) is -0.173. The van der Waals surface area contributed by atoms with E-state index in [0.717, 1.165) is 35.7 Å². The van der Waals surface area contributed by atoms with E-state index in [0.29, 0.717) is 48.9 Å². The largest absolute Gasteiger partial charge is 0.463 e. The average molecular weight is 469 g/mol. The standard InChI is InChI=1S/C25H26ClFN4O2/c26-19-7-2-5-15-4-1-6-17(21(15)19)18-11-28-12-20-22(18)23(32)30-24(29-20)33-14-25-8-3-9-31(25)13-16(27)10-25/h1-2,4-7,16,18,28H,3,8-14H2,(H,29,30,32). The molecule has 1 aromatic heterocycles. The Hall–Kier alpha value is -2.48. The number of alkyl halides is 1. The first-order chi connectivity index (χ1) is 16.0. The molecule has 3 aliphatic rings. The van der Waals surface area contributed by atoms with Crippen LogP contribution in [-0.2, 0) is 6.54 Å². The van der Waals surface area contributed by atoms with Crippen molar-refractivity contribution in [1.82, 2.24) is 20.2 Å². The van der Waals surface area contributed by atoms with Gasteiger partial charge in [0.2, 0.25) is 0 Å². The molecule has 2 aromatic carbocycles. The van der Waals surface area contributed by atoms with Gasteiger partial charge in [-0.3, -0.25) is 14.7 Å². The van der Waals surface area contributed by atoms with Crippen LogP contribution < -0.4 is 15.6 Å². The molecule has 0 radical (unpaired) electrons. The average Bonchev–Trinajstić information content (AvgIpc) is 3.33. The summed E-state index contributed by atoms with van der Waals surface area (Å²) >= 11 is 6.56. The van der Waals surface area contributed by atoms with Gasteiger partial charge in [0.25, 0.3) is 11.6 Å². The predicted octanol–water partition coefficient (Wildman–Crippen LogP) is 3.77. The van der Waals surface area contributed by atoms with Crippen molar-refractivity contribution < 1.29 is 9.13 Å². The number of nitrogens with one attached hydrogen (secondary N) is 2. The molecule has 2 saturated heterocycles. The lowest BCUT2D eigenvalue weighted by Crippen LogP contribution is -2.44. The second kappa shape index (κ2) is 8.08. The lowest BCUT2D eigenvalue weighted by molar-refractivity contribution is 0.107. The zero-order chi connectivity index (χ0) is 22.6. The maximum absolute atomic E-state index is 14.1. The van der Waals surface area contributed by atoms with Crippen LogP contribution in [0.25, 0.3) is 10.8 Å². The molecule has 0 bridgehead atoms. The van der Waals surface area contributed by atoms with Crippen molar-refractivity contribution in [3.05, 3.63) is 68.6 Å². The summed E-state index contributed by atoms with van der Waals surface area (Å²) in [5, 5.41) is 6.07. The van der Waals surface area contributed by atoms with Crippen molar-refractivity contribution >= 4 is 22.4 Å². The molecular formula is C25H26ClFN4O2. The number of halogens is 2. The van der Waals surface area contributed by atoms with Crippen LogP contribution in [-0.4, -0.2) is 52.8 Å². The number of H-pyrrole nitrogens is 1. The molecule has 0 aliphatic carbocycles. The highest BCUT2D eigenvalue weighted by molar-refractivity contribution is 6.35. The molecular weight excluding hydrogens is 443 g/mol. The first-order valence-corrected chi connectivity index (χ1v) is 11.9. The highest BCUT2D eigenvalue weighted by atomic mass is 35.5. The third kappa shape index (κ3) is 3.54. The van der Waals surface area contributed by atoms with E-state index in [1.165, 1.54) is 0 Å². The first-order valence-electron chi connectivity index (χ1n) is 11.6. The van der Waals surface area contributed by atoms with Gasteiger partial charge in [-0.1, -0.05) is 41.9 Å². The fourth-order valence-corrected chi connectivity index (χ4v) is 6.33. The summed E-state index contributed by atoms with van der Waals surface area (Å²) < 4.78 is 20.1. The smallest absolute Gasteiger partial charge is 0.296 e. The van der Waals surface area contributed by atoms with Crippen molar-refractivity contribution in [1.29, 1.82) is 0 Å². The van der Waals surface area contributed by atoms with E-state index in [1.54, 1.807) is 0 Å². The van der Waals surface area contributed by atoms with Crippen molar-refractivity contribution in [2.24, 2.45) is 0 Å². The normalized spacial score (nSPS) is 27.0. The maximum Gasteiger partial charge on any atom is 0.296 e. The Kier molecular flexibility index (Phi) is 5.16. The van der Waals surface area contributed by atoms with E-state index in [-0.39, 0.29) is 23.0 Å². The number of fused-ring (bicyclic) bond motifs is 3. The van der Waals surface area contributed by atoms with Crippen molar-refractivity contribution in [2.45, 2.75) is 43.4 Å². The number of aromatic nitrogens is 2. The fraction of sp³-hybridized carbons (Fsp3) is 0.440. The van der Waals surface area contributed by atoms with Gasteiger partial charge < -0.3 is 10.1 Å². The van der Waals surface area contributed by atoms with Crippen LogP contribution in [0.4, 0.5) is 4.39 Å². The molecule has 3 aliphatic heterocycles. The minimum atomic E-state index is -0.818. The van der Waals surface area contributed by atoms with Crippen molar-refractivity contribution in [3.63, 3.8) is 0 Å². The third-order valence-corrected chi connectivity index (χ3v) is 7.82. The molecule has 6 rings (SSSR count). The topological polar surface area (TPSA) is 70.2 Å². The molecule has 6 nitrogen and oxygen atoms in total. The molecule has 2 N–H and O–H groups in total. The van der Waals surface area contributed by atoms with E-state index >= 15 is 0 Å². The van der Waals surface area contributed by atoms with E-state index in [2.05, 4.69) is 20.2 Å². The second-order valence-electron chi connectivity index (χ2n) is 9.46. The molecule has 0 spiro atoms. The highest BCUT2D eigenvalue weighted by Gasteiger charge is 2.49. The molecule has 2 fully saturated rings. The summed E-state index contributed by atoms with van der Waals surface area (Å²) in [4.78, 5) is 23.0. The maximum atomic E-state index is 14.1. The highest BCUT2D eigenvalue weighted by Crippen LogP contribution is 2.40. The molecule has 33 heavy (non-hydrogen) atoms. The van der Waals surface area contributed by atoms with Crippen LogP contribution in [0, 0.1) is 0 Å². The summed E-state index contributed by atoms with van der Waals surface area (Å²) in [6.45, 7) is 2.82. The number of hydrogen-bond acceptors (Lipinski definition) is 5. The van der Waals surface area contributed by atoms with E-state index in [9.17, 15) is 9.18 Å². The molecule has 4 heterocycles. The molecule has 3 aromatic rings. The van der Waals surface area contributed by atoms with Crippen LogP contribution in [0.2, 0.25) is 5.02 Å². The quantitative estimate of drug-likeness (QED) is 0.610. The summed E-state index contributed by atoms with van der Waals surface area (Å²) in [6, 6.07) is 12.1. The molecule has 0 saturated carbocycles. The predicted molar refractivity (Wildman–Crippen MR) is 126 cm³/mol. The van der Waals surface area contributed by atoms with Gasteiger partial charge in [-0.2, -0.15) is 0 Å². The lowest BCUT2D eigenvalue weighted by atomic mass is 9.85. The van der Waals surface area contributed by atoms with Gasteiger partial charge in [0, 0.05) is 47.9 Å². The first kappa shape index (κ1) is 21.1.